The predicted octanol–water partition coefficient (Wildman–Crippen LogP) is 4.93. The summed E-state index contributed by atoms with van der Waals surface area (Å²) in [7, 11) is 0. The van der Waals surface area contributed by atoms with Gasteiger partial charge in [0, 0.05) is 0 Å². The van der Waals surface area contributed by atoms with E-state index in [1.807, 2.05) is 0 Å². The molecule has 0 nitrogen and oxygen atoms in total. The Balaban J connectivity index is 2.18. The van der Waals surface area contributed by atoms with E-state index in [1.54, 1.807) is 0 Å². The fourth-order valence-electron chi connectivity index (χ4n) is 3.44. The van der Waals surface area contributed by atoms with Gasteiger partial charge in [0.15, 0.2) is 0 Å². The molecular formula is C18H22BrP. The fourth-order valence-corrected chi connectivity index (χ4v) is 11.3. The molecule has 0 radical (unpaired) electrons. The molecule has 1 saturated heterocycles. The first kappa shape index (κ1) is 14.3. The fraction of sp³-hybridized carbons (Fsp3) is 0.333. The van der Waals surface area contributed by atoms with Gasteiger partial charge >= 0.3 is 130 Å². The number of halogens is 1. The zero-order chi connectivity index (χ0) is 14.1. The molecule has 0 saturated carbocycles. The van der Waals surface area contributed by atoms with Gasteiger partial charge < -0.3 is 0 Å². The van der Waals surface area contributed by atoms with Gasteiger partial charge in [0.25, 0.3) is 0 Å². The topological polar surface area (TPSA) is 0 Å². The van der Waals surface area contributed by atoms with E-state index >= 15 is 0 Å². The van der Waals surface area contributed by atoms with Crippen LogP contribution >= 0.6 is 20.8 Å². The molecule has 0 aromatic heterocycles. The van der Waals surface area contributed by atoms with Crippen LogP contribution in [0.5, 0.6) is 0 Å². The average molecular weight is 349 g/mol. The molecule has 2 heteroatoms. The molecule has 0 amide bonds. The normalized spacial score (nSPS) is 26.3. The van der Waals surface area contributed by atoms with Gasteiger partial charge in [-0.1, -0.05) is 0 Å². The first-order valence-electron chi connectivity index (χ1n) is 7.46. The van der Waals surface area contributed by atoms with E-state index in [0.29, 0.717) is 0 Å². The van der Waals surface area contributed by atoms with Gasteiger partial charge in [-0.25, -0.2) is 0 Å². The van der Waals surface area contributed by atoms with E-state index in [4.69, 9.17) is 0 Å². The van der Waals surface area contributed by atoms with Crippen molar-refractivity contribution in [3.05, 3.63) is 60.7 Å². The molecule has 20 heavy (non-hydrogen) atoms. The number of hydrogen-bond acceptors (Lipinski definition) is 0. The summed E-state index contributed by atoms with van der Waals surface area (Å²) < 4.78 is 0. The Morgan fingerprint density at radius 3 is 1.60 bits per heavy atom. The van der Waals surface area contributed by atoms with Crippen molar-refractivity contribution in [2.45, 2.75) is 19.8 Å². The van der Waals surface area contributed by atoms with E-state index in [1.165, 1.54) is 35.8 Å². The van der Waals surface area contributed by atoms with Crippen molar-refractivity contribution in [1.29, 1.82) is 0 Å². The summed E-state index contributed by atoms with van der Waals surface area (Å²) in [4.78, 5) is 0. The third kappa shape index (κ3) is 2.26. The van der Waals surface area contributed by atoms with Crippen molar-refractivity contribution in [1.82, 2.24) is 0 Å². The zero-order valence-corrected chi connectivity index (χ0v) is 14.5. The number of rotatable bonds is 2. The number of benzene rings is 2. The summed E-state index contributed by atoms with van der Waals surface area (Å²) in [6.45, 7) is 2.39. The van der Waals surface area contributed by atoms with Gasteiger partial charge in [-0.3, -0.25) is 0 Å². The van der Waals surface area contributed by atoms with Crippen LogP contribution in [-0.4, -0.2) is 12.3 Å². The molecule has 0 aliphatic carbocycles. The Labute approximate surface area is 130 Å². The summed E-state index contributed by atoms with van der Waals surface area (Å²) in [6.07, 6.45) is 5.24. The van der Waals surface area contributed by atoms with E-state index in [9.17, 15) is 0 Å². The van der Waals surface area contributed by atoms with Crippen LogP contribution < -0.4 is 10.6 Å². The quantitative estimate of drug-likeness (QED) is 0.675. The summed E-state index contributed by atoms with van der Waals surface area (Å²) in [6, 6.07) is 22.3. The molecule has 1 fully saturated rings. The van der Waals surface area contributed by atoms with Gasteiger partial charge in [0.05, 0.1) is 0 Å². The third-order valence-corrected chi connectivity index (χ3v) is 14.8. The Bertz CT molecular complexity index is 527. The molecule has 0 N–H and O–H groups in total. The molecule has 2 aromatic rings. The minimum absolute atomic E-state index is 0.857. The van der Waals surface area contributed by atoms with Gasteiger partial charge in [-0.15, -0.1) is 0 Å². The average Bonchev–Trinajstić information content (AvgIpc) is 2.53. The Kier molecular flexibility index (Phi) is 3.77. The van der Waals surface area contributed by atoms with E-state index in [-0.39, 0.29) is 0 Å². The summed E-state index contributed by atoms with van der Waals surface area (Å²) in [5.74, 6) is 0.857. The molecule has 2 aromatic carbocycles. The molecular weight excluding hydrogens is 327 g/mol. The van der Waals surface area contributed by atoms with Crippen LogP contribution in [0.25, 0.3) is 0 Å². The predicted molar refractivity (Wildman–Crippen MR) is 96.1 cm³/mol. The molecule has 0 spiro atoms. The molecule has 1 heterocycles. The Morgan fingerprint density at radius 2 is 1.20 bits per heavy atom. The minimum atomic E-state index is -2.16. The molecule has 0 atom stereocenters. The number of hydrogen-bond donors (Lipinski definition) is 0. The van der Waals surface area contributed by atoms with Crippen molar-refractivity contribution < 1.29 is 0 Å². The van der Waals surface area contributed by atoms with E-state index in [2.05, 4.69) is 83.1 Å². The maximum absolute atomic E-state index is 4.38. The van der Waals surface area contributed by atoms with Gasteiger partial charge in [-0.05, 0) is 0 Å². The SMILES string of the molecule is CC1CCP(Br)(c2ccccc2)(c2ccccc2)CC1. The van der Waals surface area contributed by atoms with Crippen LogP contribution in [0.15, 0.2) is 60.7 Å². The summed E-state index contributed by atoms with van der Waals surface area (Å²) in [5, 5.41) is 0.891. The van der Waals surface area contributed by atoms with Crippen LogP contribution in [-0.2, 0) is 0 Å². The Hall–Kier alpha value is -0.650. The molecule has 106 valence electrons. The van der Waals surface area contributed by atoms with Crippen LogP contribution in [0.1, 0.15) is 19.8 Å². The van der Waals surface area contributed by atoms with Crippen molar-refractivity contribution in [2.75, 3.05) is 12.3 Å². The van der Waals surface area contributed by atoms with Gasteiger partial charge in [-0.2, -0.15) is 0 Å². The van der Waals surface area contributed by atoms with Crippen LogP contribution in [0.3, 0.4) is 0 Å². The molecule has 0 bridgehead atoms. The monoisotopic (exact) mass is 348 g/mol. The Morgan fingerprint density at radius 1 is 0.800 bits per heavy atom. The van der Waals surface area contributed by atoms with Gasteiger partial charge in [0.1, 0.15) is 0 Å². The van der Waals surface area contributed by atoms with E-state index < -0.39 is 5.31 Å². The summed E-state index contributed by atoms with van der Waals surface area (Å²) in [5.41, 5.74) is 0. The molecule has 3 rings (SSSR count). The maximum atomic E-state index is 4.38. The zero-order valence-electron chi connectivity index (χ0n) is 12.0. The molecule has 0 unspecified atom stereocenters. The molecule has 1 aliphatic rings. The van der Waals surface area contributed by atoms with Crippen molar-refractivity contribution in [2.24, 2.45) is 5.92 Å². The third-order valence-electron chi connectivity index (χ3n) is 4.87. The first-order chi connectivity index (χ1) is 9.62. The van der Waals surface area contributed by atoms with Crippen LogP contribution in [0.4, 0.5) is 0 Å². The second kappa shape index (κ2) is 5.28. The van der Waals surface area contributed by atoms with Crippen molar-refractivity contribution in [3.8, 4) is 0 Å². The second-order valence-electron chi connectivity index (χ2n) is 6.18. The van der Waals surface area contributed by atoms with Crippen molar-refractivity contribution in [3.63, 3.8) is 0 Å². The van der Waals surface area contributed by atoms with Crippen molar-refractivity contribution >= 4 is 31.4 Å². The molecule has 1 aliphatic heterocycles. The van der Waals surface area contributed by atoms with Gasteiger partial charge in [0.2, 0.25) is 0 Å². The standard InChI is InChI=1S/C18H22BrP/c1-16-12-14-20(19,15-13-16,17-8-4-2-5-9-17)18-10-6-3-7-11-18/h2-11,16H,12-15H2,1H3. The van der Waals surface area contributed by atoms with Crippen LogP contribution in [0, 0.1) is 5.92 Å². The second-order valence-corrected chi connectivity index (χ2v) is 16.0. The first-order valence-corrected chi connectivity index (χ1v) is 12.1. The van der Waals surface area contributed by atoms with E-state index in [0.717, 1.165) is 5.92 Å². The van der Waals surface area contributed by atoms with Crippen LogP contribution in [0.2, 0.25) is 0 Å². The summed E-state index contributed by atoms with van der Waals surface area (Å²) >= 11 is 4.38.